The Morgan fingerprint density at radius 1 is 1.12 bits per heavy atom. The molecule has 1 aromatic rings. The van der Waals surface area contributed by atoms with Crippen LogP contribution < -0.4 is 0 Å². The van der Waals surface area contributed by atoms with Gasteiger partial charge in [-0.1, -0.05) is 18.2 Å². The first kappa shape index (κ1) is 12.8. The number of aldehydes is 2. The van der Waals surface area contributed by atoms with Crippen LogP contribution in [0.2, 0.25) is 0 Å². The van der Waals surface area contributed by atoms with Gasteiger partial charge < -0.3 is 14.3 Å². The van der Waals surface area contributed by atoms with E-state index in [0.29, 0.717) is 0 Å². The van der Waals surface area contributed by atoms with E-state index in [1.807, 2.05) is 0 Å². The summed E-state index contributed by atoms with van der Waals surface area (Å²) in [5, 5.41) is 0. The van der Waals surface area contributed by atoms with Crippen molar-refractivity contribution in [3.63, 3.8) is 0 Å². The van der Waals surface area contributed by atoms with Gasteiger partial charge in [0.15, 0.2) is 5.41 Å². The third kappa shape index (κ3) is 2.84. The Morgan fingerprint density at radius 2 is 1.65 bits per heavy atom. The maximum Gasteiger partial charge on any atom is 0.345 e. The SMILES string of the molecule is CC(C=O)(C=O)C(=O)OC(=O)c1ccccc1. The van der Waals surface area contributed by atoms with Gasteiger partial charge in [0.05, 0.1) is 5.56 Å². The number of benzene rings is 1. The summed E-state index contributed by atoms with van der Waals surface area (Å²) < 4.78 is 4.44. The number of esters is 2. The van der Waals surface area contributed by atoms with Crippen LogP contribution in [0.25, 0.3) is 0 Å². The van der Waals surface area contributed by atoms with E-state index in [-0.39, 0.29) is 18.1 Å². The minimum Gasteiger partial charge on any atom is -0.388 e. The topological polar surface area (TPSA) is 77.5 Å². The third-order valence-electron chi connectivity index (χ3n) is 2.12. The van der Waals surface area contributed by atoms with E-state index in [4.69, 9.17) is 0 Å². The lowest BCUT2D eigenvalue weighted by atomic mass is 9.95. The Labute approximate surface area is 97.4 Å². The van der Waals surface area contributed by atoms with Crippen molar-refractivity contribution < 1.29 is 23.9 Å². The molecule has 5 nitrogen and oxygen atoms in total. The zero-order valence-electron chi connectivity index (χ0n) is 9.08. The summed E-state index contributed by atoms with van der Waals surface area (Å²) in [5.41, 5.74) is -1.77. The standard InChI is InChI=1S/C12H10O5/c1-12(7-13,8-14)11(16)17-10(15)9-5-3-2-4-6-9/h2-8H,1H3. The normalized spacial score (nSPS) is 10.4. The van der Waals surface area contributed by atoms with E-state index in [1.54, 1.807) is 18.2 Å². The van der Waals surface area contributed by atoms with Crippen LogP contribution in [-0.2, 0) is 19.1 Å². The molecule has 0 saturated heterocycles. The largest absolute Gasteiger partial charge is 0.388 e. The summed E-state index contributed by atoms with van der Waals surface area (Å²) in [6, 6.07) is 7.79. The van der Waals surface area contributed by atoms with Gasteiger partial charge in [-0.2, -0.15) is 0 Å². The Hall–Kier alpha value is -2.30. The molecule has 0 heterocycles. The van der Waals surface area contributed by atoms with Gasteiger partial charge in [0, 0.05) is 0 Å². The first-order valence-corrected chi connectivity index (χ1v) is 4.78. The molecular weight excluding hydrogens is 224 g/mol. The second-order valence-corrected chi connectivity index (χ2v) is 3.56. The van der Waals surface area contributed by atoms with Crippen molar-refractivity contribution in [3.05, 3.63) is 35.9 Å². The second kappa shape index (κ2) is 5.16. The molecule has 0 amide bonds. The van der Waals surface area contributed by atoms with Gasteiger partial charge in [-0.3, -0.25) is 4.79 Å². The quantitative estimate of drug-likeness (QED) is 0.437. The summed E-state index contributed by atoms with van der Waals surface area (Å²) in [7, 11) is 0. The number of ether oxygens (including phenoxy) is 1. The third-order valence-corrected chi connectivity index (χ3v) is 2.12. The van der Waals surface area contributed by atoms with Crippen LogP contribution in [-0.4, -0.2) is 24.5 Å². The second-order valence-electron chi connectivity index (χ2n) is 3.56. The van der Waals surface area contributed by atoms with Crippen molar-refractivity contribution in [3.8, 4) is 0 Å². The summed E-state index contributed by atoms with van der Waals surface area (Å²) in [4.78, 5) is 44.0. The van der Waals surface area contributed by atoms with Crippen LogP contribution in [0.15, 0.2) is 30.3 Å². The van der Waals surface area contributed by atoms with Crippen LogP contribution in [0.4, 0.5) is 0 Å². The minimum absolute atomic E-state index is 0.139. The summed E-state index contributed by atoms with van der Waals surface area (Å²) >= 11 is 0. The maximum atomic E-state index is 11.5. The molecule has 0 N–H and O–H groups in total. The molecule has 5 heteroatoms. The van der Waals surface area contributed by atoms with Crippen molar-refractivity contribution >= 4 is 24.5 Å². The van der Waals surface area contributed by atoms with Gasteiger partial charge in [0.1, 0.15) is 12.6 Å². The van der Waals surface area contributed by atoms with Gasteiger partial charge in [-0.05, 0) is 19.1 Å². The van der Waals surface area contributed by atoms with Gasteiger partial charge in [0.2, 0.25) is 0 Å². The molecule has 0 aliphatic carbocycles. The fourth-order valence-corrected chi connectivity index (χ4v) is 0.951. The van der Waals surface area contributed by atoms with E-state index in [9.17, 15) is 19.2 Å². The zero-order chi connectivity index (χ0) is 12.9. The predicted octanol–water partition coefficient (Wildman–Crippen LogP) is 0.774. The van der Waals surface area contributed by atoms with E-state index in [0.717, 1.165) is 6.92 Å². The minimum atomic E-state index is -1.94. The molecule has 1 rings (SSSR count). The number of carbonyl (C=O) groups is 4. The van der Waals surface area contributed by atoms with E-state index < -0.39 is 17.4 Å². The molecule has 0 radical (unpaired) electrons. The zero-order valence-corrected chi connectivity index (χ0v) is 9.08. The van der Waals surface area contributed by atoms with Crippen molar-refractivity contribution in [2.75, 3.05) is 0 Å². The fraction of sp³-hybridized carbons (Fsp3) is 0.167. The summed E-state index contributed by atoms with van der Waals surface area (Å²) in [5.74, 6) is -2.08. The molecule has 0 unspecified atom stereocenters. The fourth-order valence-electron chi connectivity index (χ4n) is 0.951. The maximum absolute atomic E-state index is 11.5. The van der Waals surface area contributed by atoms with Crippen molar-refractivity contribution in [1.29, 1.82) is 0 Å². The molecule has 0 atom stereocenters. The lowest BCUT2D eigenvalue weighted by Gasteiger charge is -2.12. The Morgan fingerprint density at radius 3 is 2.12 bits per heavy atom. The highest BCUT2D eigenvalue weighted by Crippen LogP contribution is 2.13. The molecule has 17 heavy (non-hydrogen) atoms. The molecule has 1 aromatic carbocycles. The number of hydrogen-bond acceptors (Lipinski definition) is 5. The molecular formula is C12H10O5. The van der Waals surface area contributed by atoms with E-state index in [1.165, 1.54) is 12.1 Å². The molecule has 0 spiro atoms. The average molecular weight is 234 g/mol. The highest BCUT2D eigenvalue weighted by atomic mass is 16.6. The monoisotopic (exact) mass is 234 g/mol. The first-order chi connectivity index (χ1) is 8.03. The first-order valence-electron chi connectivity index (χ1n) is 4.78. The molecule has 0 aliphatic heterocycles. The molecule has 88 valence electrons. The van der Waals surface area contributed by atoms with Crippen LogP contribution in [0, 0.1) is 5.41 Å². The van der Waals surface area contributed by atoms with Gasteiger partial charge >= 0.3 is 11.9 Å². The van der Waals surface area contributed by atoms with Crippen LogP contribution in [0.3, 0.4) is 0 Å². The highest BCUT2D eigenvalue weighted by molar-refractivity contribution is 6.11. The van der Waals surface area contributed by atoms with E-state index in [2.05, 4.69) is 4.74 Å². The van der Waals surface area contributed by atoms with Crippen molar-refractivity contribution in [2.45, 2.75) is 6.92 Å². The van der Waals surface area contributed by atoms with Crippen LogP contribution in [0.5, 0.6) is 0 Å². The van der Waals surface area contributed by atoms with Gasteiger partial charge in [0.25, 0.3) is 0 Å². The predicted molar refractivity (Wildman–Crippen MR) is 57.1 cm³/mol. The Kier molecular flexibility index (Phi) is 3.87. The Balaban J connectivity index is 2.80. The van der Waals surface area contributed by atoms with Crippen molar-refractivity contribution in [1.82, 2.24) is 0 Å². The highest BCUT2D eigenvalue weighted by Gasteiger charge is 2.36. The van der Waals surface area contributed by atoms with E-state index >= 15 is 0 Å². The number of hydrogen-bond donors (Lipinski definition) is 0. The molecule has 0 aromatic heterocycles. The van der Waals surface area contributed by atoms with Crippen LogP contribution in [0.1, 0.15) is 17.3 Å². The summed E-state index contributed by atoms with van der Waals surface area (Å²) in [6.45, 7) is 1.08. The lowest BCUT2D eigenvalue weighted by molar-refractivity contribution is -0.152. The average Bonchev–Trinajstić information content (AvgIpc) is 2.38. The summed E-state index contributed by atoms with van der Waals surface area (Å²) in [6.07, 6.45) is 0.279. The molecule has 0 bridgehead atoms. The molecule has 0 fully saturated rings. The Bertz CT molecular complexity index is 441. The number of rotatable bonds is 4. The van der Waals surface area contributed by atoms with Crippen molar-refractivity contribution in [2.24, 2.45) is 5.41 Å². The van der Waals surface area contributed by atoms with Gasteiger partial charge in [-0.15, -0.1) is 0 Å². The molecule has 0 aliphatic rings. The number of carbonyl (C=O) groups excluding carboxylic acids is 4. The molecule has 0 saturated carbocycles. The van der Waals surface area contributed by atoms with Crippen LogP contribution >= 0.6 is 0 Å². The van der Waals surface area contributed by atoms with Gasteiger partial charge in [-0.25, -0.2) is 4.79 Å². The lowest BCUT2D eigenvalue weighted by Crippen LogP contribution is -2.34. The smallest absolute Gasteiger partial charge is 0.345 e.